The minimum atomic E-state index is -0.728. The largest absolute Gasteiger partial charge is 0.444 e. The number of aryl methyl sites for hydroxylation is 1. The van der Waals surface area contributed by atoms with Gasteiger partial charge in [0.1, 0.15) is 16.9 Å². The van der Waals surface area contributed by atoms with E-state index in [9.17, 15) is 24.1 Å². The molecule has 0 bridgehead atoms. The Morgan fingerprint density at radius 2 is 2.00 bits per heavy atom. The fourth-order valence-corrected chi connectivity index (χ4v) is 3.81. The highest BCUT2D eigenvalue weighted by molar-refractivity contribution is 5.97. The number of anilines is 1. The summed E-state index contributed by atoms with van der Waals surface area (Å²) in [7, 11) is 0. The predicted octanol–water partition coefficient (Wildman–Crippen LogP) is 4.53. The van der Waals surface area contributed by atoms with Crippen LogP contribution in [0.3, 0.4) is 0 Å². The lowest BCUT2D eigenvalue weighted by Crippen LogP contribution is -2.31. The average molecular weight is 481 g/mol. The number of amides is 2. The minimum Gasteiger partial charge on any atom is -0.444 e. The molecule has 4 rings (SSSR count). The second-order valence-corrected chi connectivity index (χ2v) is 9.19. The zero-order valence-corrected chi connectivity index (χ0v) is 19.6. The van der Waals surface area contributed by atoms with Gasteiger partial charge in [-0.05, 0) is 80.0 Å². The van der Waals surface area contributed by atoms with Crippen molar-refractivity contribution >= 4 is 23.5 Å². The first-order valence-electron chi connectivity index (χ1n) is 10.9. The van der Waals surface area contributed by atoms with Gasteiger partial charge in [0.2, 0.25) is 0 Å². The van der Waals surface area contributed by atoms with Crippen molar-refractivity contribution in [1.82, 2.24) is 15.1 Å². The Morgan fingerprint density at radius 1 is 1.26 bits per heavy atom. The highest BCUT2D eigenvalue weighted by atomic mass is 19.1. The van der Waals surface area contributed by atoms with Crippen LogP contribution in [0.4, 0.5) is 20.7 Å². The SMILES string of the molecule is Cc1cc(F)c(-n2cc(-c3ccc4c(c3)CCNC4=O)c([N+](=O)[O-])n2)cc1NC(=O)OC(C)(C)C. The van der Waals surface area contributed by atoms with Gasteiger partial charge in [0.15, 0.2) is 5.82 Å². The molecule has 2 aromatic carbocycles. The van der Waals surface area contributed by atoms with Crippen molar-refractivity contribution in [2.24, 2.45) is 0 Å². The third-order valence-corrected chi connectivity index (χ3v) is 5.38. The molecule has 182 valence electrons. The molecule has 3 aromatic rings. The number of aromatic nitrogens is 2. The van der Waals surface area contributed by atoms with E-state index >= 15 is 0 Å². The molecule has 10 nitrogen and oxygen atoms in total. The highest BCUT2D eigenvalue weighted by Crippen LogP contribution is 2.33. The standard InChI is InChI=1S/C24H24FN5O5/c1-13-9-18(25)20(11-19(13)27-23(32)35-24(2,3)4)29-12-17(21(28-29)30(33)34)14-5-6-16-15(10-14)7-8-26-22(16)31/h5-6,9-12H,7-8H2,1-4H3,(H,26,31)(H,27,32). The fraction of sp³-hybridized carbons (Fsp3) is 0.292. The van der Waals surface area contributed by atoms with E-state index in [-0.39, 0.29) is 22.8 Å². The summed E-state index contributed by atoms with van der Waals surface area (Å²) in [5, 5.41) is 21.1. The number of ether oxygens (including phenoxy) is 1. The molecule has 0 radical (unpaired) electrons. The van der Waals surface area contributed by atoms with E-state index in [1.807, 2.05) is 0 Å². The maximum atomic E-state index is 14.9. The molecule has 1 aliphatic heterocycles. The maximum absolute atomic E-state index is 14.9. The van der Waals surface area contributed by atoms with E-state index in [4.69, 9.17) is 4.74 Å². The molecule has 0 saturated carbocycles. The predicted molar refractivity (Wildman–Crippen MR) is 126 cm³/mol. The third kappa shape index (κ3) is 4.98. The maximum Gasteiger partial charge on any atom is 0.412 e. The quantitative estimate of drug-likeness (QED) is 0.416. The number of fused-ring (bicyclic) bond motifs is 1. The van der Waals surface area contributed by atoms with Crippen LogP contribution in [0.5, 0.6) is 0 Å². The van der Waals surface area contributed by atoms with Gasteiger partial charge in [-0.3, -0.25) is 10.1 Å². The lowest BCUT2D eigenvalue weighted by molar-refractivity contribution is -0.389. The Kier molecular flexibility index (Phi) is 6.01. The Morgan fingerprint density at radius 3 is 2.69 bits per heavy atom. The van der Waals surface area contributed by atoms with Gasteiger partial charge in [0.25, 0.3) is 5.91 Å². The van der Waals surface area contributed by atoms with Gasteiger partial charge in [-0.25, -0.2) is 9.18 Å². The molecule has 0 spiro atoms. The van der Waals surface area contributed by atoms with Crippen LogP contribution >= 0.6 is 0 Å². The number of carbonyl (C=O) groups is 2. The third-order valence-electron chi connectivity index (χ3n) is 5.38. The molecule has 2 amide bonds. The molecule has 11 heteroatoms. The van der Waals surface area contributed by atoms with Gasteiger partial charge in [-0.15, -0.1) is 4.68 Å². The van der Waals surface area contributed by atoms with Crippen molar-refractivity contribution in [1.29, 1.82) is 0 Å². The molecule has 2 heterocycles. The van der Waals surface area contributed by atoms with E-state index in [1.165, 1.54) is 18.3 Å². The first-order valence-corrected chi connectivity index (χ1v) is 10.9. The second kappa shape index (κ2) is 8.82. The Bertz CT molecular complexity index is 1360. The van der Waals surface area contributed by atoms with Crippen molar-refractivity contribution in [2.45, 2.75) is 39.7 Å². The van der Waals surface area contributed by atoms with Crippen LogP contribution in [0.1, 0.15) is 42.3 Å². The summed E-state index contributed by atoms with van der Waals surface area (Å²) < 4.78 is 21.2. The lowest BCUT2D eigenvalue weighted by Gasteiger charge is -2.20. The van der Waals surface area contributed by atoms with Crippen molar-refractivity contribution in [2.75, 3.05) is 11.9 Å². The Labute approximate surface area is 200 Å². The summed E-state index contributed by atoms with van der Waals surface area (Å²) in [4.78, 5) is 35.4. The first-order chi connectivity index (χ1) is 16.4. The van der Waals surface area contributed by atoms with E-state index in [2.05, 4.69) is 15.7 Å². The average Bonchev–Trinajstić information content (AvgIpc) is 3.20. The van der Waals surface area contributed by atoms with E-state index in [0.717, 1.165) is 10.2 Å². The summed E-state index contributed by atoms with van der Waals surface area (Å²) in [6.45, 7) is 7.23. The van der Waals surface area contributed by atoms with Crippen LogP contribution in [0.25, 0.3) is 16.8 Å². The van der Waals surface area contributed by atoms with Gasteiger partial charge in [0, 0.05) is 17.8 Å². The van der Waals surface area contributed by atoms with Crippen molar-refractivity contribution in [3.63, 3.8) is 0 Å². The topological polar surface area (TPSA) is 128 Å². The number of halogens is 1. The summed E-state index contributed by atoms with van der Waals surface area (Å²) in [6, 6.07) is 7.46. The Hall–Kier alpha value is -4.28. The van der Waals surface area contributed by atoms with Crippen LogP contribution in [0, 0.1) is 22.9 Å². The van der Waals surface area contributed by atoms with Gasteiger partial charge in [-0.2, -0.15) is 0 Å². The molecule has 0 fully saturated rings. The molecule has 0 unspecified atom stereocenters. The summed E-state index contributed by atoms with van der Waals surface area (Å²) in [5.41, 5.74) is 1.82. The Balaban J connectivity index is 1.75. The van der Waals surface area contributed by atoms with E-state index in [0.29, 0.717) is 29.7 Å². The normalized spacial score (nSPS) is 13.1. The van der Waals surface area contributed by atoms with E-state index in [1.54, 1.807) is 45.9 Å². The molecular formula is C24H24FN5O5. The van der Waals surface area contributed by atoms with Crippen LogP contribution in [-0.4, -0.2) is 38.9 Å². The summed E-state index contributed by atoms with van der Waals surface area (Å²) in [6.07, 6.45) is 1.22. The fourth-order valence-electron chi connectivity index (χ4n) is 3.81. The van der Waals surface area contributed by atoms with Crippen molar-refractivity contribution in [3.05, 3.63) is 69.2 Å². The van der Waals surface area contributed by atoms with Gasteiger partial charge in [0.05, 0.1) is 11.3 Å². The lowest BCUT2D eigenvalue weighted by atomic mass is 9.96. The number of nitro groups is 1. The molecule has 0 saturated heterocycles. The summed E-state index contributed by atoms with van der Waals surface area (Å²) >= 11 is 0. The molecule has 35 heavy (non-hydrogen) atoms. The highest BCUT2D eigenvalue weighted by Gasteiger charge is 2.27. The summed E-state index contributed by atoms with van der Waals surface area (Å²) in [5.74, 6) is -1.34. The smallest absolute Gasteiger partial charge is 0.412 e. The van der Waals surface area contributed by atoms with Crippen molar-refractivity contribution < 1.29 is 23.6 Å². The van der Waals surface area contributed by atoms with Gasteiger partial charge in [-0.1, -0.05) is 6.07 Å². The minimum absolute atomic E-state index is 0.0895. The monoisotopic (exact) mass is 481 g/mol. The van der Waals surface area contributed by atoms with Gasteiger partial charge >= 0.3 is 11.9 Å². The number of nitrogens with one attached hydrogen (secondary N) is 2. The number of nitrogens with zero attached hydrogens (tertiary/aromatic N) is 3. The number of carbonyl (C=O) groups excluding carboxylic acids is 2. The molecule has 1 aromatic heterocycles. The first kappa shape index (κ1) is 23.9. The van der Waals surface area contributed by atoms with Crippen LogP contribution < -0.4 is 10.6 Å². The number of benzene rings is 2. The number of hydrogen-bond acceptors (Lipinski definition) is 6. The van der Waals surface area contributed by atoms with Crippen molar-refractivity contribution in [3.8, 4) is 16.8 Å². The number of hydrogen-bond donors (Lipinski definition) is 2. The molecular weight excluding hydrogens is 457 g/mol. The number of rotatable bonds is 4. The van der Waals surface area contributed by atoms with Gasteiger partial charge < -0.3 is 20.2 Å². The molecule has 1 aliphatic rings. The van der Waals surface area contributed by atoms with Crippen LogP contribution in [0.2, 0.25) is 0 Å². The second-order valence-electron chi connectivity index (χ2n) is 9.19. The zero-order valence-electron chi connectivity index (χ0n) is 19.6. The zero-order chi connectivity index (χ0) is 25.5. The van der Waals surface area contributed by atoms with E-state index < -0.39 is 28.3 Å². The molecule has 0 aliphatic carbocycles. The van der Waals surface area contributed by atoms with Crippen LogP contribution in [0.15, 0.2) is 36.5 Å². The molecule has 2 N–H and O–H groups in total. The molecule has 0 atom stereocenters. The van der Waals surface area contributed by atoms with Crippen LogP contribution in [-0.2, 0) is 11.2 Å².